The predicted octanol–water partition coefficient (Wildman–Crippen LogP) is 3.45. The van der Waals surface area contributed by atoms with Crippen LogP contribution in [0.1, 0.15) is 16.7 Å². The molecule has 2 N–H and O–H groups in total. The zero-order valence-corrected chi connectivity index (χ0v) is 18.4. The lowest BCUT2D eigenvalue weighted by molar-refractivity contribution is -0.321. The number of ether oxygens (including phenoxy) is 4. The average molecular weight is 451 g/mol. The molecule has 1 aliphatic heterocycles. The molecular formula is C27H30O6. The van der Waals surface area contributed by atoms with E-state index < -0.39 is 30.7 Å². The van der Waals surface area contributed by atoms with Gasteiger partial charge in [0, 0.05) is 0 Å². The third-order valence-electron chi connectivity index (χ3n) is 5.62. The van der Waals surface area contributed by atoms with Crippen LogP contribution in [0.3, 0.4) is 0 Å². The summed E-state index contributed by atoms with van der Waals surface area (Å²) >= 11 is 0. The molecule has 1 heterocycles. The van der Waals surface area contributed by atoms with Crippen LogP contribution < -0.4 is 0 Å². The minimum atomic E-state index is -1.05. The fraction of sp³-hybridized carbons (Fsp3) is 0.333. The van der Waals surface area contributed by atoms with Crippen LogP contribution >= 0.6 is 0 Å². The largest absolute Gasteiger partial charge is 0.394 e. The van der Waals surface area contributed by atoms with E-state index in [9.17, 15) is 10.2 Å². The van der Waals surface area contributed by atoms with Crippen molar-refractivity contribution in [2.75, 3.05) is 6.61 Å². The molecule has 1 fully saturated rings. The summed E-state index contributed by atoms with van der Waals surface area (Å²) in [6.07, 6.45) is -4.23. The summed E-state index contributed by atoms with van der Waals surface area (Å²) in [5, 5.41) is 21.2. The molecule has 4 rings (SSSR count). The monoisotopic (exact) mass is 450 g/mol. The summed E-state index contributed by atoms with van der Waals surface area (Å²) in [7, 11) is 0. The Morgan fingerprint density at radius 2 is 1.03 bits per heavy atom. The van der Waals surface area contributed by atoms with Gasteiger partial charge in [-0.3, -0.25) is 0 Å². The second-order valence-corrected chi connectivity index (χ2v) is 8.04. The number of rotatable bonds is 10. The molecule has 0 radical (unpaired) electrons. The second-order valence-electron chi connectivity index (χ2n) is 8.04. The summed E-state index contributed by atoms with van der Waals surface area (Å²) in [6, 6.07) is 29.1. The quantitative estimate of drug-likeness (QED) is 0.493. The van der Waals surface area contributed by atoms with Gasteiger partial charge in [0.25, 0.3) is 0 Å². The first kappa shape index (κ1) is 23.6. The molecule has 3 aromatic rings. The van der Waals surface area contributed by atoms with Crippen LogP contribution in [-0.4, -0.2) is 47.5 Å². The Hall–Kier alpha value is -2.58. The fourth-order valence-corrected chi connectivity index (χ4v) is 3.85. The molecule has 0 amide bonds. The first-order chi connectivity index (χ1) is 16.2. The molecule has 5 unspecified atom stereocenters. The molecule has 3 aromatic carbocycles. The summed E-state index contributed by atoms with van der Waals surface area (Å²) in [6.45, 7) is 0.542. The van der Waals surface area contributed by atoms with Crippen molar-refractivity contribution in [3.63, 3.8) is 0 Å². The van der Waals surface area contributed by atoms with Gasteiger partial charge in [-0.1, -0.05) is 91.0 Å². The fourth-order valence-electron chi connectivity index (χ4n) is 3.85. The Balaban J connectivity index is 1.48. The van der Waals surface area contributed by atoms with E-state index in [1.165, 1.54) is 0 Å². The highest BCUT2D eigenvalue weighted by Crippen LogP contribution is 2.28. The number of hydrogen-bond acceptors (Lipinski definition) is 6. The van der Waals surface area contributed by atoms with Crippen molar-refractivity contribution in [1.82, 2.24) is 0 Å². The normalized spacial score (nSPS) is 25.1. The molecule has 0 aromatic heterocycles. The highest BCUT2D eigenvalue weighted by Gasteiger charge is 2.47. The lowest BCUT2D eigenvalue weighted by Gasteiger charge is -2.43. The Labute approximate surface area is 194 Å². The van der Waals surface area contributed by atoms with Crippen molar-refractivity contribution in [3.8, 4) is 0 Å². The molecule has 33 heavy (non-hydrogen) atoms. The van der Waals surface area contributed by atoms with E-state index in [0.29, 0.717) is 0 Å². The van der Waals surface area contributed by atoms with Crippen molar-refractivity contribution in [2.45, 2.75) is 50.5 Å². The Morgan fingerprint density at radius 3 is 1.48 bits per heavy atom. The van der Waals surface area contributed by atoms with Crippen molar-refractivity contribution < 1.29 is 29.2 Å². The van der Waals surface area contributed by atoms with Crippen LogP contribution in [0.25, 0.3) is 0 Å². The zero-order chi connectivity index (χ0) is 22.9. The second kappa shape index (κ2) is 12.0. The number of aliphatic hydroxyl groups is 2. The highest BCUT2D eigenvalue weighted by atomic mass is 16.7. The predicted molar refractivity (Wildman–Crippen MR) is 123 cm³/mol. The molecule has 1 saturated heterocycles. The molecule has 6 heteroatoms. The van der Waals surface area contributed by atoms with Gasteiger partial charge < -0.3 is 29.2 Å². The van der Waals surface area contributed by atoms with Gasteiger partial charge in [-0.25, -0.2) is 0 Å². The number of hydrogen-bond donors (Lipinski definition) is 2. The van der Waals surface area contributed by atoms with Crippen molar-refractivity contribution in [1.29, 1.82) is 0 Å². The Morgan fingerprint density at radius 1 is 0.606 bits per heavy atom. The third-order valence-corrected chi connectivity index (χ3v) is 5.62. The molecule has 5 atom stereocenters. The van der Waals surface area contributed by atoms with Gasteiger partial charge in [0.2, 0.25) is 0 Å². The highest BCUT2D eigenvalue weighted by molar-refractivity contribution is 5.15. The van der Waals surface area contributed by atoms with Crippen LogP contribution in [-0.2, 0) is 38.8 Å². The van der Waals surface area contributed by atoms with E-state index in [0.717, 1.165) is 16.7 Å². The van der Waals surface area contributed by atoms with Gasteiger partial charge in [-0.05, 0) is 16.7 Å². The van der Waals surface area contributed by atoms with Crippen LogP contribution in [0, 0.1) is 0 Å². The van der Waals surface area contributed by atoms with Crippen molar-refractivity contribution >= 4 is 0 Å². The van der Waals surface area contributed by atoms with E-state index in [4.69, 9.17) is 18.9 Å². The van der Waals surface area contributed by atoms with Crippen molar-refractivity contribution in [3.05, 3.63) is 108 Å². The molecule has 0 spiro atoms. The summed E-state index contributed by atoms with van der Waals surface area (Å²) in [4.78, 5) is 0. The van der Waals surface area contributed by atoms with Gasteiger partial charge in [0.05, 0.1) is 26.4 Å². The molecule has 1 aliphatic rings. The average Bonchev–Trinajstić information content (AvgIpc) is 2.88. The van der Waals surface area contributed by atoms with Gasteiger partial charge >= 0.3 is 0 Å². The first-order valence-corrected chi connectivity index (χ1v) is 11.2. The van der Waals surface area contributed by atoms with E-state index in [2.05, 4.69) is 0 Å². The van der Waals surface area contributed by atoms with E-state index in [1.807, 2.05) is 91.0 Å². The Bertz CT molecular complexity index is 937. The van der Waals surface area contributed by atoms with E-state index >= 15 is 0 Å². The lowest BCUT2D eigenvalue weighted by Crippen LogP contribution is -2.60. The minimum Gasteiger partial charge on any atom is -0.394 e. The topological polar surface area (TPSA) is 77.4 Å². The molecule has 6 nitrogen and oxygen atoms in total. The smallest absolute Gasteiger partial charge is 0.187 e. The number of benzene rings is 3. The summed E-state index contributed by atoms with van der Waals surface area (Å²) < 4.78 is 24.2. The van der Waals surface area contributed by atoms with Gasteiger partial charge in [-0.2, -0.15) is 0 Å². The molecule has 0 aliphatic carbocycles. The van der Waals surface area contributed by atoms with Crippen molar-refractivity contribution in [2.24, 2.45) is 0 Å². The van der Waals surface area contributed by atoms with Crippen LogP contribution in [0.15, 0.2) is 91.0 Å². The third kappa shape index (κ3) is 6.48. The van der Waals surface area contributed by atoms with Crippen LogP contribution in [0.2, 0.25) is 0 Å². The first-order valence-electron chi connectivity index (χ1n) is 11.2. The minimum absolute atomic E-state index is 0.281. The molecule has 0 saturated carbocycles. The summed E-state index contributed by atoms with van der Waals surface area (Å²) in [5.41, 5.74) is 2.91. The zero-order valence-electron chi connectivity index (χ0n) is 18.4. The van der Waals surface area contributed by atoms with Crippen LogP contribution in [0.4, 0.5) is 0 Å². The SMILES string of the molecule is OCC1OC(OCc2ccccc2)C(OCc2ccccc2)C(O)C1OCc1ccccc1. The van der Waals surface area contributed by atoms with E-state index in [-0.39, 0.29) is 26.4 Å². The van der Waals surface area contributed by atoms with Gasteiger partial charge in [0.15, 0.2) is 6.29 Å². The van der Waals surface area contributed by atoms with Gasteiger partial charge in [0.1, 0.15) is 24.4 Å². The standard InChI is InChI=1S/C27H30O6/c28-16-23-25(30-17-20-10-4-1-5-11-20)24(29)26(31-18-21-12-6-2-7-13-21)27(33-23)32-19-22-14-8-3-9-15-22/h1-15,23-29H,16-19H2. The lowest BCUT2D eigenvalue weighted by atomic mass is 9.98. The van der Waals surface area contributed by atoms with E-state index in [1.54, 1.807) is 0 Å². The maximum Gasteiger partial charge on any atom is 0.187 e. The number of aliphatic hydroxyl groups excluding tert-OH is 2. The van der Waals surface area contributed by atoms with Gasteiger partial charge in [-0.15, -0.1) is 0 Å². The Kier molecular flexibility index (Phi) is 8.60. The van der Waals surface area contributed by atoms with Crippen LogP contribution in [0.5, 0.6) is 0 Å². The maximum atomic E-state index is 11.2. The molecular weight excluding hydrogens is 420 g/mol. The molecule has 174 valence electrons. The molecule has 0 bridgehead atoms. The summed E-state index contributed by atoms with van der Waals surface area (Å²) in [5.74, 6) is 0. The maximum absolute atomic E-state index is 11.2.